The molecule has 0 aliphatic rings. The third-order valence-electron chi connectivity index (χ3n) is 6.53. The van der Waals surface area contributed by atoms with E-state index in [-0.39, 0.29) is 29.1 Å². The van der Waals surface area contributed by atoms with Crippen molar-refractivity contribution >= 4 is 50.7 Å². The van der Waals surface area contributed by atoms with E-state index in [1.165, 1.54) is 29.2 Å². The minimum atomic E-state index is -4.21. The predicted molar refractivity (Wildman–Crippen MR) is 163 cm³/mol. The highest BCUT2D eigenvalue weighted by Crippen LogP contribution is 2.27. The van der Waals surface area contributed by atoms with Crippen LogP contribution in [-0.2, 0) is 26.2 Å². The average Bonchev–Trinajstić information content (AvgIpc) is 2.95. The molecule has 0 fully saturated rings. The standard InChI is InChI=1S/C30H35Cl2N3O5S/c1-5-21(3)33-30(37)22(4)34(19-23-8-7-9-25(32)18-23)29(36)20-35(26-12-14-27(15-13-26)40-6-2)41(38,39)28-16-10-24(31)11-17-28/h7-18,21-22H,5-6,19-20H2,1-4H3,(H,33,37)/t21-,22-/m1/s1. The van der Waals surface area contributed by atoms with Crippen molar-refractivity contribution in [3.05, 3.63) is 88.4 Å². The molecule has 220 valence electrons. The smallest absolute Gasteiger partial charge is 0.264 e. The van der Waals surface area contributed by atoms with Crippen molar-refractivity contribution in [2.75, 3.05) is 17.5 Å². The molecule has 8 nitrogen and oxygen atoms in total. The van der Waals surface area contributed by atoms with Gasteiger partial charge in [0.2, 0.25) is 11.8 Å². The normalized spacial score (nSPS) is 12.7. The van der Waals surface area contributed by atoms with Crippen LogP contribution in [0.15, 0.2) is 77.7 Å². The van der Waals surface area contributed by atoms with Gasteiger partial charge in [-0.25, -0.2) is 8.42 Å². The van der Waals surface area contributed by atoms with Crippen LogP contribution in [0, 0.1) is 0 Å². The fourth-order valence-electron chi connectivity index (χ4n) is 4.02. The number of anilines is 1. The molecule has 0 unspecified atom stereocenters. The number of amides is 2. The molecule has 3 aromatic rings. The Morgan fingerprint density at radius 2 is 1.59 bits per heavy atom. The van der Waals surface area contributed by atoms with E-state index in [4.69, 9.17) is 27.9 Å². The van der Waals surface area contributed by atoms with Gasteiger partial charge in [-0.15, -0.1) is 0 Å². The summed E-state index contributed by atoms with van der Waals surface area (Å²) in [4.78, 5) is 28.4. The molecule has 3 rings (SSSR count). The monoisotopic (exact) mass is 619 g/mol. The van der Waals surface area contributed by atoms with Crippen LogP contribution in [0.4, 0.5) is 5.69 Å². The predicted octanol–water partition coefficient (Wildman–Crippen LogP) is 5.92. The van der Waals surface area contributed by atoms with Gasteiger partial charge in [-0.2, -0.15) is 0 Å². The number of carbonyl (C=O) groups excluding carboxylic acids is 2. The second-order valence-corrected chi connectivity index (χ2v) is 12.3. The minimum Gasteiger partial charge on any atom is -0.494 e. The Labute approximate surface area is 252 Å². The van der Waals surface area contributed by atoms with Gasteiger partial charge in [0.15, 0.2) is 0 Å². The largest absolute Gasteiger partial charge is 0.494 e. The van der Waals surface area contributed by atoms with Gasteiger partial charge in [0.25, 0.3) is 10.0 Å². The molecular weight excluding hydrogens is 585 g/mol. The Kier molecular flexibility index (Phi) is 11.5. The number of halogens is 2. The van der Waals surface area contributed by atoms with Crippen molar-refractivity contribution < 1.29 is 22.7 Å². The van der Waals surface area contributed by atoms with Gasteiger partial charge in [-0.1, -0.05) is 42.3 Å². The lowest BCUT2D eigenvalue weighted by molar-refractivity contribution is -0.139. The fraction of sp³-hybridized carbons (Fsp3) is 0.333. The van der Waals surface area contributed by atoms with E-state index in [0.717, 1.165) is 4.31 Å². The molecule has 0 aromatic heterocycles. The van der Waals surface area contributed by atoms with E-state index in [1.54, 1.807) is 55.5 Å². The molecule has 2 atom stereocenters. The number of rotatable bonds is 13. The first-order chi connectivity index (χ1) is 19.5. The van der Waals surface area contributed by atoms with E-state index in [2.05, 4.69) is 5.32 Å². The number of nitrogens with one attached hydrogen (secondary N) is 1. The van der Waals surface area contributed by atoms with Crippen LogP contribution in [0.2, 0.25) is 10.0 Å². The van der Waals surface area contributed by atoms with Gasteiger partial charge >= 0.3 is 0 Å². The van der Waals surface area contributed by atoms with Crippen LogP contribution in [0.3, 0.4) is 0 Å². The lowest BCUT2D eigenvalue weighted by Gasteiger charge is -2.32. The Hall–Kier alpha value is -3.27. The molecule has 0 radical (unpaired) electrons. The van der Waals surface area contributed by atoms with Crippen molar-refractivity contribution in [1.82, 2.24) is 10.2 Å². The molecule has 41 heavy (non-hydrogen) atoms. The zero-order chi connectivity index (χ0) is 30.2. The second-order valence-electron chi connectivity index (χ2n) is 9.54. The highest BCUT2D eigenvalue weighted by atomic mass is 35.5. The summed E-state index contributed by atoms with van der Waals surface area (Å²) in [6, 6.07) is 18.1. The summed E-state index contributed by atoms with van der Waals surface area (Å²) >= 11 is 12.2. The molecule has 0 saturated heterocycles. The Morgan fingerprint density at radius 3 is 2.17 bits per heavy atom. The van der Waals surface area contributed by atoms with Gasteiger partial charge in [0.05, 0.1) is 17.2 Å². The number of hydrogen-bond acceptors (Lipinski definition) is 5. The molecule has 0 bridgehead atoms. The first-order valence-corrected chi connectivity index (χ1v) is 15.5. The molecule has 0 aliphatic carbocycles. The summed E-state index contributed by atoms with van der Waals surface area (Å²) in [6.45, 7) is 7.22. The third-order valence-corrected chi connectivity index (χ3v) is 8.80. The van der Waals surface area contributed by atoms with Crippen molar-refractivity contribution in [3.8, 4) is 5.75 Å². The topological polar surface area (TPSA) is 96.0 Å². The van der Waals surface area contributed by atoms with Crippen LogP contribution < -0.4 is 14.4 Å². The highest BCUT2D eigenvalue weighted by Gasteiger charge is 2.33. The number of carbonyl (C=O) groups is 2. The SMILES string of the molecule is CCOc1ccc(N(CC(=O)N(Cc2cccc(Cl)c2)[C@H](C)C(=O)N[C@H](C)CC)S(=O)(=O)c2ccc(Cl)cc2)cc1. The first-order valence-electron chi connectivity index (χ1n) is 13.3. The highest BCUT2D eigenvalue weighted by molar-refractivity contribution is 7.92. The van der Waals surface area contributed by atoms with Gasteiger partial charge in [-0.05, 0) is 93.4 Å². The molecular formula is C30H35Cl2N3O5S. The van der Waals surface area contributed by atoms with E-state index < -0.39 is 28.5 Å². The van der Waals surface area contributed by atoms with E-state index in [1.807, 2.05) is 20.8 Å². The first kappa shape index (κ1) is 32.2. The van der Waals surface area contributed by atoms with Crippen molar-refractivity contribution in [2.24, 2.45) is 0 Å². The van der Waals surface area contributed by atoms with Gasteiger partial charge < -0.3 is 15.0 Å². The number of sulfonamides is 1. The Morgan fingerprint density at radius 1 is 0.927 bits per heavy atom. The van der Waals surface area contributed by atoms with Gasteiger partial charge in [0.1, 0.15) is 18.3 Å². The molecule has 0 heterocycles. The van der Waals surface area contributed by atoms with Crippen LogP contribution in [0.5, 0.6) is 5.75 Å². The molecule has 0 aliphatic heterocycles. The Balaban J connectivity index is 2.03. The molecule has 2 amide bonds. The quantitative estimate of drug-likeness (QED) is 0.256. The Bertz CT molecular complexity index is 1430. The third kappa shape index (κ3) is 8.61. The van der Waals surface area contributed by atoms with Crippen molar-refractivity contribution in [3.63, 3.8) is 0 Å². The summed E-state index contributed by atoms with van der Waals surface area (Å²) in [5.74, 6) is -0.351. The van der Waals surface area contributed by atoms with Crippen LogP contribution in [0.25, 0.3) is 0 Å². The molecule has 0 spiro atoms. The van der Waals surface area contributed by atoms with Gasteiger partial charge in [-0.3, -0.25) is 13.9 Å². The zero-order valence-electron chi connectivity index (χ0n) is 23.5. The summed E-state index contributed by atoms with van der Waals surface area (Å²) in [5.41, 5.74) is 0.957. The minimum absolute atomic E-state index is 0.0347. The number of ether oxygens (including phenoxy) is 1. The zero-order valence-corrected chi connectivity index (χ0v) is 25.8. The second kappa shape index (κ2) is 14.6. The molecule has 3 aromatic carbocycles. The maximum Gasteiger partial charge on any atom is 0.264 e. The number of benzene rings is 3. The van der Waals surface area contributed by atoms with Crippen LogP contribution in [-0.4, -0.2) is 50.4 Å². The van der Waals surface area contributed by atoms with Crippen molar-refractivity contribution in [1.29, 1.82) is 0 Å². The van der Waals surface area contributed by atoms with Crippen molar-refractivity contribution in [2.45, 2.75) is 57.6 Å². The summed E-state index contributed by atoms with van der Waals surface area (Å²) in [6.07, 6.45) is 0.714. The van der Waals surface area contributed by atoms with E-state index in [0.29, 0.717) is 34.4 Å². The van der Waals surface area contributed by atoms with Crippen LogP contribution in [0.1, 0.15) is 39.7 Å². The fourth-order valence-corrected chi connectivity index (χ4v) is 5.77. The van der Waals surface area contributed by atoms with E-state index in [9.17, 15) is 18.0 Å². The molecule has 11 heteroatoms. The van der Waals surface area contributed by atoms with Gasteiger partial charge in [0, 0.05) is 22.6 Å². The summed E-state index contributed by atoms with van der Waals surface area (Å²) in [5, 5.41) is 3.77. The lowest BCUT2D eigenvalue weighted by atomic mass is 10.1. The number of hydrogen-bond donors (Lipinski definition) is 1. The average molecular weight is 621 g/mol. The van der Waals surface area contributed by atoms with Crippen LogP contribution >= 0.6 is 23.2 Å². The lowest BCUT2D eigenvalue weighted by Crippen LogP contribution is -2.52. The summed E-state index contributed by atoms with van der Waals surface area (Å²) in [7, 11) is -4.21. The summed E-state index contributed by atoms with van der Waals surface area (Å²) < 4.78 is 34.3. The maximum atomic E-state index is 14.0. The number of nitrogens with zero attached hydrogens (tertiary/aromatic N) is 2. The van der Waals surface area contributed by atoms with E-state index >= 15 is 0 Å². The maximum absolute atomic E-state index is 14.0. The molecule has 0 saturated carbocycles. The molecule has 1 N–H and O–H groups in total.